The number of nitrogens with zero attached hydrogens (tertiary/aromatic N) is 3. The molecular weight excluding hydrogens is 524 g/mol. The molecule has 0 aliphatic carbocycles. The van der Waals surface area contributed by atoms with Gasteiger partial charge in [-0.25, -0.2) is 0 Å². The Bertz CT molecular complexity index is 1500. The summed E-state index contributed by atoms with van der Waals surface area (Å²) in [5.41, 5.74) is 6.67. The van der Waals surface area contributed by atoms with Crippen molar-refractivity contribution in [3.63, 3.8) is 0 Å². The molecule has 1 N–H and O–H groups in total. The number of para-hydroxylation sites is 1. The first-order valence-electron chi connectivity index (χ1n) is 15.1. The van der Waals surface area contributed by atoms with E-state index in [0.29, 0.717) is 0 Å². The minimum Gasteiger partial charge on any atom is -0.483 e. The topological polar surface area (TPSA) is 66.9 Å². The summed E-state index contributed by atoms with van der Waals surface area (Å²) in [6.07, 6.45) is 1.91. The molecule has 0 atom stereocenters. The number of hydrogen-bond acceptors (Lipinski definition) is 6. The minimum absolute atomic E-state index is 0.0109. The zero-order chi connectivity index (χ0) is 28.7. The Balaban J connectivity index is 1.12. The number of carbonyl (C=O) groups excluding carboxylic acids is 1. The number of hydrogen-bond donors (Lipinski definition) is 1. The van der Waals surface area contributed by atoms with Crippen LogP contribution >= 0.6 is 0 Å². The van der Waals surface area contributed by atoms with Crippen LogP contribution in [0.2, 0.25) is 0 Å². The summed E-state index contributed by atoms with van der Waals surface area (Å²) in [7, 11) is 0. The van der Waals surface area contributed by atoms with E-state index in [1.54, 1.807) is 0 Å². The van der Waals surface area contributed by atoms with Gasteiger partial charge in [0.1, 0.15) is 5.75 Å². The first-order chi connectivity index (χ1) is 20.6. The quantitative estimate of drug-likeness (QED) is 0.301. The van der Waals surface area contributed by atoms with Crippen molar-refractivity contribution in [3.05, 3.63) is 95.7 Å². The Labute approximate surface area is 248 Å². The Morgan fingerprint density at radius 3 is 2.45 bits per heavy atom. The monoisotopic (exact) mass is 564 g/mol. The first kappa shape index (κ1) is 28.3. The number of carbonyl (C=O) groups is 1. The summed E-state index contributed by atoms with van der Waals surface area (Å²) < 4.78 is 11.8. The Kier molecular flexibility index (Phi) is 9.09. The van der Waals surface area contributed by atoms with Crippen molar-refractivity contribution < 1.29 is 14.3 Å². The lowest BCUT2D eigenvalue weighted by Crippen LogP contribution is -2.45. The molecule has 0 saturated carbocycles. The highest BCUT2D eigenvalue weighted by molar-refractivity contribution is 5.94. The minimum atomic E-state index is -0.0614. The highest BCUT2D eigenvalue weighted by Gasteiger charge is 2.22. The number of nitrogens with one attached hydrogen (secondary N) is 1. The fourth-order valence-electron chi connectivity index (χ4n) is 6.05. The lowest BCUT2D eigenvalue weighted by molar-refractivity contribution is -0.124. The second-order valence-corrected chi connectivity index (χ2v) is 11.4. The molecule has 2 saturated heterocycles. The van der Waals surface area contributed by atoms with E-state index in [1.165, 1.54) is 5.56 Å². The van der Waals surface area contributed by atoms with Crippen molar-refractivity contribution in [1.82, 2.24) is 20.1 Å². The molecule has 0 bridgehead atoms. The SMILES string of the molecule is Cc1cc(-c2ccc(OCC(=O)NC3CCN(Cc4ccccc4)CC3)c(CN3CCOCC3)c2)c2ccccc2n1. The number of ether oxygens (including phenoxy) is 2. The standard InChI is InChI=1S/C35H40N4O3/c1-26-21-32(31-9-5-6-10-33(31)36-26)28-11-12-34(29(22-28)24-39-17-19-41-20-18-39)42-25-35(40)37-30-13-15-38(16-14-30)23-27-7-3-2-4-8-27/h2-12,21-22,30H,13-20,23-25H2,1H3,(H,37,40). The third kappa shape index (κ3) is 7.16. The molecular formula is C35H40N4O3. The normalized spacial score (nSPS) is 16.9. The van der Waals surface area contributed by atoms with E-state index in [4.69, 9.17) is 14.5 Å². The van der Waals surface area contributed by atoms with Gasteiger partial charge in [-0.05, 0) is 60.7 Å². The van der Waals surface area contributed by atoms with Crippen molar-refractivity contribution in [1.29, 1.82) is 0 Å². The maximum Gasteiger partial charge on any atom is 0.258 e. The number of pyridine rings is 1. The average molecular weight is 565 g/mol. The maximum absolute atomic E-state index is 12.9. The van der Waals surface area contributed by atoms with Crippen molar-refractivity contribution in [3.8, 4) is 16.9 Å². The second kappa shape index (κ2) is 13.5. The summed E-state index contributed by atoms with van der Waals surface area (Å²) in [6.45, 7) is 8.94. The smallest absolute Gasteiger partial charge is 0.258 e. The molecule has 7 nitrogen and oxygen atoms in total. The van der Waals surface area contributed by atoms with Crippen LogP contribution in [-0.4, -0.2) is 72.7 Å². The van der Waals surface area contributed by atoms with Crippen LogP contribution in [0.5, 0.6) is 5.75 Å². The van der Waals surface area contributed by atoms with Gasteiger partial charge in [0.2, 0.25) is 0 Å². The average Bonchev–Trinajstić information content (AvgIpc) is 3.02. The molecule has 42 heavy (non-hydrogen) atoms. The lowest BCUT2D eigenvalue weighted by atomic mass is 9.98. The number of fused-ring (bicyclic) bond motifs is 1. The number of morpholine rings is 1. The highest BCUT2D eigenvalue weighted by Crippen LogP contribution is 2.33. The lowest BCUT2D eigenvalue weighted by Gasteiger charge is -2.32. The van der Waals surface area contributed by atoms with E-state index in [9.17, 15) is 4.79 Å². The molecule has 0 spiro atoms. The molecule has 218 valence electrons. The van der Waals surface area contributed by atoms with E-state index < -0.39 is 0 Å². The summed E-state index contributed by atoms with van der Waals surface area (Å²) in [6, 6.07) is 27.5. The highest BCUT2D eigenvalue weighted by atomic mass is 16.5. The van der Waals surface area contributed by atoms with E-state index in [0.717, 1.165) is 104 Å². The summed E-state index contributed by atoms with van der Waals surface area (Å²) in [5, 5.41) is 4.34. The zero-order valence-electron chi connectivity index (χ0n) is 24.4. The number of aryl methyl sites for hydroxylation is 1. The van der Waals surface area contributed by atoms with Gasteiger partial charge in [0.15, 0.2) is 6.61 Å². The van der Waals surface area contributed by atoms with Gasteiger partial charge in [0, 0.05) is 62.0 Å². The van der Waals surface area contributed by atoms with Gasteiger partial charge >= 0.3 is 0 Å². The maximum atomic E-state index is 12.9. The number of amides is 1. The molecule has 3 aromatic carbocycles. The molecule has 0 unspecified atom stereocenters. The molecule has 7 heteroatoms. The van der Waals surface area contributed by atoms with Crippen molar-refractivity contribution >= 4 is 16.8 Å². The van der Waals surface area contributed by atoms with Crippen molar-refractivity contribution in [2.75, 3.05) is 46.0 Å². The van der Waals surface area contributed by atoms with E-state index in [-0.39, 0.29) is 18.6 Å². The molecule has 3 heterocycles. The molecule has 4 aromatic rings. The fraction of sp³-hybridized carbons (Fsp3) is 0.371. The number of benzene rings is 3. The predicted octanol–water partition coefficient (Wildman–Crippen LogP) is 5.20. The summed E-state index contributed by atoms with van der Waals surface area (Å²) >= 11 is 0. The van der Waals surface area contributed by atoms with Gasteiger partial charge in [0.05, 0.1) is 18.7 Å². The third-order valence-electron chi connectivity index (χ3n) is 8.27. The van der Waals surface area contributed by atoms with E-state index in [1.807, 2.05) is 19.1 Å². The summed E-state index contributed by atoms with van der Waals surface area (Å²) in [5.74, 6) is 0.696. The zero-order valence-corrected chi connectivity index (χ0v) is 24.4. The van der Waals surface area contributed by atoms with Gasteiger partial charge in [-0.3, -0.25) is 19.6 Å². The Morgan fingerprint density at radius 1 is 0.905 bits per heavy atom. The molecule has 2 fully saturated rings. The number of likely N-dealkylation sites (tertiary alicyclic amines) is 1. The molecule has 2 aliphatic heterocycles. The fourth-order valence-corrected chi connectivity index (χ4v) is 6.05. The van der Waals surface area contributed by atoms with Gasteiger partial charge in [-0.1, -0.05) is 54.6 Å². The molecule has 2 aliphatic rings. The molecule has 1 amide bonds. The molecule has 6 rings (SSSR count). The van der Waals surface area contributed by atoms with Crippen LogP contribution in [0.4, 0.5) is 0 Å². The van der Waals surface area contributed by atoms with Crippen LogP contribution in [0, 0.1) is 6.92 Å². The molecule has 0 radical (unpaired) electrons. The van der Waals surface area contributed by atoms with E-state index >= 15 is 0 Å². The second-order valence-electron chi connectivity index (χ2n) is 11.4. The number of aromatic nitrogens is 1. The Morgan fingerprint density at radius 2 is 1.64 bits per heavy atom. The van der Waals surface area contributed by atoms with Crippen LogP contribution in [0.1, 0.15) is 29.7 Å². The third-order valence-corrected chi connectivity index (χ3v) is 8.27. The Hall–Kier alpha value is -3.78. The van der Waals surface area contributed by atoms with Crippen LogP contribution in [0.25, 0.3) is 22.0 Å². The van der Waals surface area contributed by atoms with Gasteiger partial charge < -0.3 is 14.8 Å². The largest absolute Gasteiger partial charge is 0.483 e. The van der Waals surface area contributed by atoms with Crippen molar-refractivity contribution in [2.24, 2.45) is 0 Å². The number of rotatable bonds is 9. The predicted molar refractivity (Wildman–Crippen MR) is 166 cm³/mol. The van der Waals surface area contributed by atoms with Gasteiger partial charge in [-0.2, -0.15) is 0 Å². The van der Waals surface area contributed by atoms with Crippen LogP contribution < -0.4 is 10.1 Å². The van der Waals surface area contributed by atoms with Crippen LogP contribution in [0.3, 0.4) is 0 Å². The number of piperidine rings is 1. The van der Waals surface area contributed by atoms with Crippen molar-refractivity contribution in [2.45, 2.75) is 38.9 Å². The van der Waals surface area contributed by atoms with E-state index in [2.05, 4.69) is 81.8 Å². The summed E-state index contributed by atoms with van der Waals surface area (Å²) in [4.78, 5) is 22.5. The van der Waals surface area contributed by atoms with Gasteiger partial charge in [0.25, 0.3) is 5.91 Å². The molecule has 1 aromatic heterocycles. The van der Waals surface area contributed by atoms with Crippen LogP contribution in [-0.2, 0) is 22.6 Å². The van der Waals surface area contributed by atoms with Crippen LogP contribution in [0.15, 0.2) is 78.9 Å². The first-order valence-corrected chi connectivity index (χ1v) is 15.1. The van der Waals surface area contributed by atoms with Gasteiger partial charge in [-0.15, -0.1) is 0 Å².